The molecule has 1 N–H and O–H groups in total. The van der Waals surface area contributed by atoms with Crippen LogP contribution < -0.4 is 0 Å². The lowest BCUT2D eigenvalue weighted by molar-refractivity contribution is -0.143. The molecule has 26 heavy (non-hydrogen) atoms. The number of nitrogens with zero attached hydrogens (tertiary/aromatic N) is 3. The molecule has 1 unspecified atom stereocenters. The second-order valence-electron chi connectivity index (χ2n) is 8.45. The lowest BCUT2D eigenvalue weighted by Crippen LogP contribution is -2.50. The number of hydrogen-bond acceptors (Lipinski definition) is 3. The summed E-state index contributed by atoms with van der Waals surface area (Å²) in [5.41, 5.74) is 0. The second-order valence-corrected chi connectivity index (χ2v) is 8.45. The zero-order valence-electron chi connectivity index (χ0n) is 15.3. The number of carboxylic acids is 1. The van der Waals surface area contributed by atoms with Crippen LogP contribution in [0.15, 0.2) is 0 Å². The van der Waals surface area contributed by atoms with E-state index in [0.717, 1.165) is 58.2 Å². The average molecular weight is 363 g/mol. The van der Waals surface area contributed by atoms with Gasteiger partial charge in [0.2, 0.25) is 5.91 Å². The Bertz CT molecular complexity index is 585. The molecule has 3 saturated heterocycles. The minimum atomic E-state index is -0.772. The fourth-order valence-corrected chi connectivity index (χ4v) is 4.99. The summed E-state index contributed by atoms with van der Waals surface area (Å²) in [4.78, 5) is 42.7. The highest BCUT2D eigenvalue weighted by Crippen LogP contribution is 2.44. The van der Waals surface area contributed by atoms with Gasteiger partial charge >= 0.3 is 12.0 Å². The molecular formula is C19H29N3O4. The van der Waals surface area contributed by atoms with Crippen LogP contribution in [-0.4, -0.2) is 77.0 Å². The molecule has 3 atom stereocenters. The number of aliphatic carboxylic acids is 1. The van der Waals surface area contributed by atoms with Crippen molar-refractivity contribution in [2.75, 3.05) is 39.3 Å². The molecule has 0 radical (unpaired) electrons. The Morgan fingerprint density at radius 3 is 2.12 bits per heavy atom. The number of piperidine rings is 1. The minimum absolute atomic E-state index is 0.0540. The first-order valence-electron chi connectivity index (χ1n) is 10.1. The predicted molar refractivity (Wildman–Crippen MR) is 94.4 cm³/mol. The van der Waals surface area contributed by atoms with Crippen LogP contribution in [0.5, 0.6) is 0 Å². The highest BCUT2D eigenvalue weighted by molar-refractivity contribution is 5.82. The molecule has 3 heterocycles. The molecule has 4 fully saturated rings. The molecule has 7 nitrogen and oxygen atoms in total. The van der Waals surface area contributed by atoms with Gasteiger partial charge in [-0.2, -0.15) is 0 Å². The third-order valence-electron chi connectivity index (χ3n) is 6.64. The zero-order valence-corrected chi connectivity index (χ0v) is 15.3. The maximum Gasteiger partial charge on any atom is 0.320 e. The van der Waals surface area contributed by atoms with E-state index in [1.54, 1.807) is 4.90 Å². The predicted octanol–water partition coefficient (Wildman–Crippen LogP) is 1.48. The number of rotatable bonds is 3. The molecule has 0 aromatic heterocycles. The Balaban J connectivity index is 1.38. The van der Waals surface area contributed by atoms with E-state index in [4.69, 9.17) is 0 Å². The van der Waals surface area contributed by atoms with Crippen molar-refractivity contribution in [2.45, 2.75) is 38.5 Å². The molecule has 1 saturated carbocycles. The van der Waals surface area contributed by atoms with Gasteiger partial charge in [-0.1, -0.05) is 0 Å². The van der Waals surface area contributed by atoms with Gasteiger partial charge in [0, 0.05) is 39.3 Å². The Hall–Kier alpha value is -1.79. The number of carbonyl (C=O) groups excluding carboxylic acids is 2. The van der Waals surface area contributed by atoms with Gasteiger partial charge in [0.25, 0.3) is 0 Å². The van der Waals surface area contributed by atoms with Crippen molar-refractivity contribution in [3.8, 4) is 0 Å². The number of hydrogen-bond donors (Lipinski definition) is 1. The molecule has 0 spiro atoms. The van der Waals surface area contributed by atoms with Gasteiger partial charge in [0.15, 0.2) is 0 Å². The molecular weight excluding hydrogens is 334 g/mol. The Labute approximate surface area is 154 Å². The molecule has 1 aliphatic carbocycles. The van der Waals surface area contributed by atoms with Gasteiger partial charge in [0.05, 0.1) is 11.8 Å². The molecule has 0 aromatic carbocycles. The van der Waals surface area contributed by atoms with Gasteiger partial charge in [0.1, 0.15) is 0 Å². The highest BCUT2D eigenvalue weighted by Gasteiger charge is 2.48. The van der Waals surface area contributed by atoms with Gasteiger partial charge in [-0.25, -0.2) is 4.79 Å². The van der Waals surface area contributed by atoms with Crippen LogP contribution in [0.3, 0.4) is 0 Å². The summed E-state index contributed by atoms with van der Waals surface area (Å²) in [6, 6.07) is 0.0701. The lowest BCUT2D eigenvalue weighted by atomic mass is 9.92. The van der Waals surface area contributed by atoms with E-state index in [2.05, 4.69) is 0 Å². The van der Waals surface area contributed by atoms with Crippen molar-refractivity contribution in [1.82, 2.24) is 14.7 Å². The van der Waals surface area contributed by atoms with Crippen molar-refractivity contribution < 1.29 is 19.5 Å². The van der Waals surface area contributed by atoms with E-state index in [-0.39, 0.29) is 23.8 Å². The van der Waals surface area contributed by atoms with Crippen molar-refractivity contribution in [1.29, 1.82) is 0 Å². The van der Waals surface area contributed by atoms with Crippen LogP contribution in [0.4, 0.5) is 4.79 Å². The largest absolute Gasteiger partial charge is 0.481 e. The van der Waals surface area contributed by atoms with E-state index < -0.39 is 11.9 Å². The van der Waals surface area contributed by atoms with Crippen molar-refractivity contribution in [2.24, 2.45) is 23.7 Å². The summed E-state index contributed by atoms with van der Waals surface area (Å²) < 4.78 is 0. The quantitative estimate of drug-likeness (QED) is 0.824. The summed E-state index contributed by atoms with van der Waals surface area (Å²) in [7, 11) is 0. The van der Waals surface area contributed by atoms with Crippen molar-refractivity contribution >= 4 is 17.9 Å². The van der Waals surface area contributed by atoms with Crippen molar-refractivity contribution in [3.05, 3.63) is 0 Å². The van der Waals surface area contributed by atoms with Crippen LogP contribution in [0.25, 0.3) is 0 Å². The molecule has 0 aromatic rings. The Morgan fingerprint density at radius 2 is 1.46 bits per heavy atom. The molecule has 0 bridgehead atoms. The monoisotopic (exact) mass is 363 g/mol. The van der Waals surface area contributed by atoms with Gasteiger partial charge in [-0.3, -0.25) is 9.59 Å². The molecule has 3 aliphatic heterocycles. The standard InChI is InChI=1S/C19H29N3O4/c23-17(22-11-15(13-5-6-13)16(12-22)18(24)25)14-4-3-9-21(10-14)19(26)20-7-1-2-8-20/h13-16H,1-12H2,(H,24,25)/t14?,15-,16+/m0/s1. The number of carboxylic acid groups (broad SMARTS) is 1. The summed E-state index contributed by atoms with van der Waals surface area (Å²) in [5, 5.41) is 9.51. The number of carbonyl (C=O) groups is 3. The fraction of sp³-hybridized carbons (Fsp3) is 0.842. The molecule has 7 heteroatoms. The fourth-order valence-electron chi connectivity index (χ4n) is 4.99. The first-order valence-corrected chi connectivity index (χ1v) is 10.1. The van der Waals surface area contributed by atoms with E-state index in [0.29, 0.717) is 25.6 Å². The minimum Gasteiger partial charge on any atom is -0.481 e. The van der Waals surface area contributed by atoms with Crippen LogP contribution in [-0.2, 0) is 9.59 Å². The lowest BCUT2D eigenvalue weighted by Gasteiger charge is -2.36. The first kappa shape index (κ1) is 17.6. The molecule has 144 valence electrons. The average Bonchev–Trinajstić information content (AvgIpc) is 3.17. The summed E-state index contributed by atoms with van der Waals surface area (Å²) in [6.07, 6.45) is 5.96. The van der Waals surface area contributed by atoms with Crippen LogP contribution in [0.2, 0.25) is 0 Å². The van der Waals surface area contributed by atoms with Crippen molar-refractivity contribution in [3.63, 3.8) is 0 Å². The topological polar surface area (TPSA) is 81.2 Å². The maximum atomic E-state index is 13.0. The Kier molecular flexibility index (Phi) is 4.80. The number of likely N-dealkylation sites (tertiary alicyclic amines) is 3. The van der Waals surface area contributed by atoms with E-state index in [9.17, 15) is 19.5 Å². The smallest absolute Gasteiger partial charge is 0.320 e. The SMILES string of the molecule is O=C(O)[C@@H]1CN(C(=O)C2CCCN(C(=O)N3CCCC3)C2)C[C@H]1C1CC1. The van der Waals surface area contributed by atoms with Crippen LogP contribution in [0, 0.1) is 23.7 Å². The summed E-state index contributed by atoms with van der Waals surface area (Å²) >= 11 is 0. The molecule has 4 aliphatic rings. The summed E-state index contributed by atoms with van der Waals surface area (Å²) in [5.74, 6) is -0.721. The van der Waals surface area contributed by atoms with Gasteiger partial charge < -0.3 is 19.8 Å². The zero-order chi connectivity index (χ0) is 18.3. The Morgan fingerprint density at radius 1 is 0.769 bits per heavy atom. The second kappa shape index (κ2) is 7.08. The third kappa shape index (κ3) is 3.40. The van der Waals surface area contributed by atoms with Crippen LogP contribution in [0.1, 0.15) is 38.5 Å². The number of amides is 3. The summed E-state index contributed by atoms with van der Waals surface area (Å²) in [6.45, 7) is 3.77. The van der Waals surface area contributed by atoms with E-state index in [1.165, 1.54) is 0 Å². The third-order valence-corrected chi connectivity index (χ3v) is 6.64. The van der Waals surface area contributed by atoms with E-state index in [1.807, 2.05) is 9.80 Å². The molecule has 3 amide bonds. The molecule has 4 rings (SSSR count). The normalized spacial score (nSPS) is 32.2. The number of urea groups is 1. The van der Waals surface area contributed by atoms with Gasteiger partial charge in [-0.15, -0.1) is 0 Å². The van der Waals surface area contributed by atoms with Crippen LogP contribution >= 0.6 is 0 Å². The first-order chi connectivity index (χ1) is 12.5. The maximum absolute atomic E-state index is 13.0. The van der Waals surface area contributed by atoms with Gasteiger partial charge in [-0.05, 0) is 50.4 Å². The highest BCUT2D eigenvalue weighted by atomic mass is 16.4. The van der Waals surface area contributed by atoms with E-state index >= 15 is 0 Å².